The highest BCUT2D eigenvalue weighted by Crippen LogP contribution is 2.33. The number of hydrogen-bond donors (Lipinski definition) is 2. The average molecular weight is 365 g/mol. The standard InChI is InChI=1S/C15H16FN5O3S/c16-10-1-2-13-11(5-10)12(3-4-25(13,23)24)20-14(22)9-6-17-15-18-8-19-21(15)7-9/h1-2,5,8-9,12H,3-4,6-7H2,(H,20,22)(H,17,18,19). The fourth-order valence-electron chi connectivity index (χ4n) is 3.25. The summed E-state index contributed by atoms with van der Waals surface area (Å²) in [4.78, 5) is 16.7. The molecule has 0 fully saturated rings. The van der Waals surface area contributed by atoms with Crippen LogP contribution >= 0.6 is 0 Å². The lowest BCUT2D eigenvalue weighted by Crippen LogP contribution is -2.43. The van der Waals surface area contributed by atoms with Crippen LogP contribution < -0.4 is 10.6 Å². The van der Waals surface area contributed by atoms with Gasteiger partial charge in [-0.2, -0.15) is 10.1 Å². The van der Waals surface area contributed by atoms with E-state index in [2.05, 4.69) is 20.7 Å². The summed E-state index contributed by atoms with van der Waals surface area (Å²) in [6, 6.07) is 3.05. The first kappa shape index (κ1) is 16.0. The van der Waals surface area contributed by atoms with Crippen LogP contribution in [0.15, 0.2) is 29.4 Å². The number of carbonyl (C=O) groups excluding carboxylic acids is 1. The van der Waals surface area contributed by atoms with Crippen LogP contribution in [0.4, 0.5) is 10.3 Å². The van der Waals surface area contributed by atoms with Crippen molar-refractivity contribution in [1.29, 1.82) is 0 Å². The molecule has 1 aromatic carbocycles. The Hall–Kier alpha value is -2.49. The van der Waals surface area contributed by atoms with E-state index in [1.807, 2.05) is 0 Å². The normalized spacial score (nSPS) is 23.9. The van der Waals surface area contributed by atoms with Crippen molar-refractivity contribution < 1.29 is 17.6 Å². The summed E-state index contributed by atoms with van der Waals surface area (Å²) in [6.45, 7) is 0.792. The number of benzene rings is 1. The monoisotopic (exact) mass is 365 g/mol. The number of nitrogens with one attached hydrogen (secondary N) is 2. The van der Waals surface area contributed by atoms with E-state index in [4.69, 9.17) is 0 Å². The summed E-state index contributed by atoms with van der Waals surface area (Å²) in [5.41, 5.74) is 0.310. The number of halogens is 1. The number of nitrogens with zero attached hydrogens (tertiary/aromatic N) is 3. The number of fused-ring (bicyclic) bond motifs is 2. The predicted molar refractivity (Wildman–Crippen MR) is 86.0 cm³/mol. The summed E-state index contributed by atoms with van der Waals surface area (Å²) in [6.07, 6.45) is 1.63. The van der Waals surface area contributed by atoms with Gasteiger partial charge in [0, 0.05) is 6.54 Å². The van der Waals surface area contributed by atoms with E-state index in [1.54, 1.807) is 4.68 Å². The third kappa shape index (κ3) is 2.86. The van der Waals surface area contributed by atoms with Gasteiger partial charge in [-0.25, -0.2) is 17.5 Å². The van der Waals surface area contributed by atoms with Crippen molar-refractivity contribution in [3.05, 3.63) is 35.9 Å². The maximum Gasteiger partial charge on any atom is 0.227 e. The quantitative estimate of drug-likeness (QED) is 0.751. The third-order valence-electron chi connectivity index (χ3n) is 4.56. The van der Waals surface area contributed by atoms with Gasteiger partial charge in [0.15, 0.2) is 9.84 Å². The molecule has 3 heterocycles. The van der Waals surface area contributed by atoms with Crippen molar-refractivity contribution in [3.63, 3.8) is 0 Å². The molecule has 25 heavy (non-hydrogen) atoms. The minimum atomic E-state index is -3.44. The average Bonchev–Trinajstić information content (AvgIpc) is 3.05. The topological polar surface area (TPSA) is 106 Å². The molecular weight excluding hydrogens is 349 g/mol. The molecule has 2 aromatic rings. The first-order chi connectivity index (χ1) is 11.9. The van der Waals surface area contributed by atoms with Gasteiger partial charge in [0.1, 0.15) is 12.1 Å². The van der Waals surface area contributed by atoms with E-state index in [0.717, 1.165) is 6.07 Å². The summed E-state index contributed by atoms with van der Waals surface area (Å²) < 4.78 is 39.5. The summed E-state index contributed by atoms with van der Waals surface area (Å²) in [5, 5.41) is 9.92. The Morgan fingerprint density at radius 1 is 1.40 bits per heavy atom. The van der Waals surface area contributed by atoms with Crippen LogP contribution in [0.1, 0.15) is 18.0 Å². The Morgan fingerprint density at radius 3 is 3.08 bits per heavy atom. The fourth-order valence-corrected chi connectivity index (χ4v) is 4.85. The highest BCUT2D eigenvalue weighted by molar-refractivity contribution is 7.91. The van der Waals surface area contributed by atoms with Crippen LogP contribution in [-0.2, 0) is 21.2 Å². The second-order valence-corrected chi connectivity index (χ2v) is 8.27. The Bertz CT molecular complexity index is 942. The second-order valence-electron chi connectivity index (χ2n) is 6.19. The molecule has 0 saturated heterocycles. The van der Waals surface area contributed by atoms with Gasteiger partial charge < -0.3 is 10.6 Å². The first-order valence-electron chi connectivity index (χ1n) is 7.88. The molecule has 2 aliphatic rings. The van der Waals surface area contributed by atoms with Crippen molar-refractivity contribution in [2.45, 2.75) is 23.9 Å². The number of anilines is 1. The van der Waals surface area contributed by atoms with Crippen molar-refractivity contribution >= 4 is 21.7 Å². The third-order valence-corrected chi connectivity index (χ3v) is 6.38. The van der Waals surface area contributed by atoms with Gasteiger partial charge in [-0.1, -0.05) is 0 Å². The van der Waals surface area contributed by atoms with Crippen molar-refractivity contribution in [1.82, 2.24) is 20.1 Å². The molecule has 10 heteroatoms. The SMILES string of the molecule is O=C(NC1CCS(=O)(=O)c2ccc(F)cc21)C1CNc2ncnn2C1. The molecule has 0 saturated carbocycles. The molecule has 2 unspecified atom stereocenters. The zero-order chi connectivity index (χ0) is 17.6. The Kier molecular flexibility index (Phi) is 3.71. The maximum absolute atomic E-state index is 13.6. The minimum Gasteiger partial charge on any atom is -0.354 e. The van der Waals surface area contributed by atoms with E-state index in [0.29, 0.717) is 24.6 Å². The van der Waals surface area contributed by atoms with Crippen molar-refractivity contribution in [2.24, 2.45) is 5.92 Å². The van der Waals surface area contributed by atoms with Crippen LogP contribution in [-0.4, -0.2) is 41.4 Å². The number of hydrogen-bond acceptors (Lipinski definition) is 6. The molecular formula is C15H16FN5O3S. The van der Waals surface area contributed by atoms with E-state index in [-0.39, 0.29) is 28.9 Å². The van der Waals surface area contributed by atoms with Crippen molar-refractivity contribution in [2.75, 3.05) is 17.6 Å². The largest absolute Gasteiger partial charge is 0.354 e. The number of carbonyl (C=O) groups is 1. The lowest BCUT2D eigenvalue weighted by Gasteiger charge is -2.29. The van der Waals surface area contributed by atoms with Gasteiger partial charge >= 0.3 is 0 Å². The molecule has 1 aromatic heterocycles. The molecule has 4 rings (SSSR count). The zero-order valence-corrected chi connectivity index (χ0v) is 14.0. The highest BCUT2D eigenvalue weighted by atomic mass is 32.2. The summed E-state index contributed by atoms with van der Waals surface area (Å²) in [5.74, 6) is -0.591. The summed E-state index contributed by atoms with van der Waals surface area (Å²) in [7, 11) is -3.44. The van der Waals surface area contributed by atoms with Gasteiger partial charge in [0.05, 0.1) is 29.2 Å². The molecule has 0 aliphatic carbocycles. The fraction of sp³-hybridized carbons (Fsp3) is 0.400. The van der Waals surface area contributed by atoms with Crippen LogP contribution in [0.2, 0.25) is 0 Å². The Balaban J connectivity index is 1.56. The Morgan fingerprint density at radius 2 is 2.24 bits per heavy atom. The molecule has 2 N–H and O–H groups in total. The van der Waals surface area contributed by atoms with Gasteiger partial charge in [-0.15, -0.1) is 0 Å². The van der Waals surface area contributed by atoms with E-state index in [1.165, 1.54) is 18.5 Å². The first-order valence-corrected chi connectivity index (χ1v) is 9.53. The van der Waals surface area contributed by atoms with Crippen LogP contribution in [0, 0.1) is 11.7 Å². The predicted octanol–water partition coefficient (Wildman–Crippen LogP) is 0.494. The van der Waals surface area contributed by atoms with Crippen LogP contribution in [0.25, 0.3) is 0 Å². The molecule has 1 amide bonds. The molecule has 2 atom stereocenters. The van der Waals surface area contributed by atoms with Gasteiger partial charge in [0.25, 0.3) is 0 Å². The number of sulfone groups is 1. The Labute approximate surface area is 143 Å². The van der Waals surface area contributed by atoms with Crippen LogP contribution in [0.3, 0.4) is 0 Å². The van der Waals surface area contributed by atoms with Crippen molar-refractivity contribution in [3.8, 4) is 0 Å². The number of rotatable bonds is 2. The maximum atomic E-state index is 13.6. The smallest absolute Gasteiger partial charge is 0.227 e. The molecule has 2 aliphatic heterocycles. The zero-order valence-electron chi connectivity index (χ0n) is 13.1. The van der Waals surface area contributed by atoms with Gasteiger partial charge in [-0.3, -0.25) is 4.79 Å². The number of amides is 1. The molecule has 0 spiro atoms. The van der Waals surface area contributed by atoms with Gasteiger partial charge in [0.2, 0.25) is 11.9 Å². The van der Waals surface area contributed by atoms with E-state index < -0.39 is 21.7 Å². The van der Waals surface area contributed by atoms with E-state index in [9.17, 15) is 17.6 Å². The highest BCUT2D eigenvalue weighted by Gasteiger charge is 2.33. The molecule has 0 radical (unpaired) electrons. The number of aromatic nitrogens is 3. The van der Waals surface area contributed by atoms with E-state index >= 15 is 0 Å². The molecule has 132 valence electrons. The summed E-state index contributed by atoms with van der Waals surface area (Å²) >= 11 is 0. The van der Waals surface area contributed by atoms with Crippen LogP contribution in [0.5, 0.6) is 0 Å². The lowest BCUT2D eigenvalue weighted by molar-refractivity contribution is -0.126. The molecule has 8 nitrogen and oxygen atoms in total. The van der Waals surface area contributed by atoms with Gasteiger partial charge in [-0.05, 0) is 30.2 Å². The second kappa shape index (κ2) is 5.80. The lowest BCUT2D eigenvalue weighted by atomic mass is 10.0. The minimum absolute atomic E-state index is 0.0767. The molecule has 0 bridgehead atoms.